The average molecular weight is 526 g/mol. The van der Waals surface area contributed by atoms with Crippen LogP contribution < -0.4 is 10.1 Å². The number of benzene rings is 2. The Bertz CT molecular complexity index is 1500. The summed E-state index contributed by atoms with van der Waals surface area (Å²) < 4.78 is 2.44. The molecule has 0 radical (unpaired) electrons. The Morgan fingerprint density at radius 3 is 2.29 bits per heavy atom. The summed E-state index contributed by atoms with van der Waals surface area (Å²) >= 11 is 0. The van der Waals surface area contributed by atoms with Crippen molar-refractivity contribution in [2.75, 3.05) is 31.1 Å². The Morgan fingerprint density at radius 1 is 0.868 bits per heavy atom. The monoisotopic (exact) mass is 525 g/mol. The van der Waals surface area contributed by atoms with E-state index in [4.69, 9.17) is 0 Å². The molecule has 0 bridgehead atoms. The Morgan fingerprint density at radius 2 is 1.61 bits per heavy atom. The van der Waals surface area contributed by atoms with E-state index >= 15 is 0 Å². The Hall–Kier alpha value is -3.71. The van der Waals surface area contributed by atoms with Crippen LogP contribution in [-0.2, 0) is 0 Å². The molecule has 0 amide bonds. The number of carboxylic acids is 2. The standard InChI is InChI=1S/C31H32N2O4Si/c1-38(2)27-18-21(32-13-3-4-14-32)8-11-24(27)29(26-17-20(30(34)35)7-10-23(26)31(36)37)25-12-9-22(19-28(25)38)33-15-5-6-16-33/h7-12,17-19H,3-6,13-16H2,1-2H3,(H-,34,35,36,37)/p+1. The average Bonchev–Trinajstić information content (AvgIpc) is 3.63. The molecule has 6 rings (SSSR count). The van der Waals surface area contributed by atoms with Crippen molar-refractivity contribution in [1.29, 1.82) is 0 Å². The Labute approximate surface area is 223 Å². The van der Waals surface area contributed by atoms with E-state index in [1.54, 1.807) is 0 Å². The smallest absolute Gasteiger partial charge is 0.336 e. The van der Waals surface area contributed by atoms with Crippen molar-refractivity contribution in [3.8, 4) is 0 Å². The van der Waals surface area contributed by atoms with E-state index in [9.17, 15) is 19.8 Å². The molecule has 7 heteroatoms. The Balaban J connectivity index is 1.65. The zero-order valence-corrected chi connectivity index (χ0v) is 23.0. The normalized spacial score (nSPS) is 19.9. The van der Waals surface area contributed by atoms with Gasteiger partial charge >= 0.3 is 11.9 Å². The second-order valence-electron chi connectivity index (χ2n) is 11.2. The van der Waals surface area contributed by atoms with Crippen LogP contribution in [-0.4, -0.2) is 66.7 Å². The lowest BCUT2D eigenvalue weighted by atomic mass is 9.86. The summed E-state index contributed by atoms with van der Waals surface area (Å²) in [5.41, 5.74) is 5.99. The van der Waals surface area contributed by atoms with Crippen molar-refractivity contribution in [1.82, 2.24) is 0 Å². The summed E-state index contributed by atoms with van der Waals surface area (Å²) in [5, 5.41) is 22.5. The maximum absolute atomic E-state index is 12.4. The van der Waals surface area contributed by atoms with Gasteiger partial charge in [0.1, 0.15) is 21.2 Å². The van der Waals surface area contributed by atoms with Crippen LogP contribution in [0.2, 0.25) is 13.1 Å². The lowest BCUT2D eigenvalue weighted by Gasteiger charge is -2.38. The molecule has 2 N–H and O–H groups in total. The number of aromatic carboxylic acids is 2. The van der Waals surface area contributed by atoms with Crippen LogP contribution in [0.3, 0.4) is 0 Å². The third-order valence-corrected chi connectivity index (χ3v) is 12.1. The molecule has 6 nitrogen and oxygen atoms in total. The van der Waals surface area contributed by atoms with Crippen molar-refractivity contribution in [2.24, 2.45) is 0 Å². The van der Waals surface area contributed by atoms with E-state index in [2.05, 4.69) is 59.0 Å². The molecule has 194 valence electrons. The van der Waals surface area contributed by atoms with Crippen LogP contribution in [0.1, 0.15) is 57.5 Å². The highest BCUT2D eigenvalue weighted by molar-refractivity contribution is 6.98. The summed E-state index contributed by atoms with van der Waals surface area (Å²) in [6.07, 6.45) is 11.4. The van der Waals surface area contributed by atoms with E-state index in [1.165, 1.54) is 65.7 Å². The van der Waals surface area contributed by atoms with E-state index in [0.29, 0.717) is 5.56 Å². The van der Waals surface area contributed by atoms with Gasteiger partial charge in [-0.1, -0.05) is 19.2 Å². The molecular formula is C31H33N2O4Si+. The number of hydrogen-bond acceptors (Lipinski definition) is 3. The fourth-order valence-electron chi connectivity index (χ4n) is 6.53. The third kappa shape index (κ3) is 3.96. The minimum absolute atomic E-state index is 0.0880. The highest BCUT2D eigenvalue weighted by atomic mass is 28.3. The van der Waals surface area contributed by atoms with Gasteiger partial charge in [0.15, 0.2) is 5.71 Å². The minimum atomic E-state index is -2.19. The van der Waals surface area contributed by atoms with E-state index in [0.717, 1.165) is 42.9 Å². The molecule has 38 heavy (non-hydrogen) atoms. The molecule has 0 atom stereocenters. The maximum Gasteiger partial charge on any atom is 0.336 e. The van der Waals surface area contributed by atoms with E-state index < -0.39 is 20.0 Å². The molecule has 2 aromatic rings. The fraction of sp³-hybridized carbons (Fsp3) is 0.323. The second kappa shape index (κ2) is 9.24. The first-order chi connectivity index (χ1) is 18.3. The fourth-order valence-corrected chi connectivity index (χ4v) is 9.60. The summed E-state index contributed by atoms with van der Waals surface area (Å²) in [7, 11) is -2.19. The number of anilines is 1. The molecule has 2 fully saturated rings. The molecule has 3 heterocycles. The highest BCUT2D eigenvalue weighted by Gasteiger charge is 2.41. The van der Waals surface area contributed by atoms with E-state index in [1.807, 2.05) is 0 Å². The molecular weight excluding hydrogens is 492 g/mol. The van der Waals surface area contributed by atoms with E-state index in [-0.39, 0.29) is 11.1 Å². The molecule has 0 aromatic heterocycles. The summed E-state index contributed by atoms with van der Waals surface area (Å²) in [4.78, 5) is 26.8. The van der Waals surface area contributed by atoms with Crippen LogP contribution in [0.4, 0.5) is 5.69 Å². The number of allylic oxidation sites excluding steroid dienone is 5. The van der Waals surface area contributed by atoms with Gasteiger partial charge in [0, 0.05) is 43.8 Å². The first kappa shape index (κ1) is 24.6. The van der Waals surface area contributed by atoms with Gasteiger partial charge in [0.25, 0.3) is 0 Å². The molecule has 0 unspecified atom stereocenters. The van der Waals surface area contributed by atoms with Gasteiger partial charge in [-0.2, -0.15) is 0 Å². The lowest BCUT2D eigenvalue weighted by Crippen LogP contribution is -2.50. The van der Waals surface area contributed by atoms with Crippen LogP contribution in [0.5, 0.6) is 0 Å². The number of carboxylic acid groups (broad SMARTS) is 2. The zero-order chi connectivity index (χ0) is 26.6. The zero-order valence-electron chi connectivity index (χ0n) is 22.0. The number of nitrogens with zero attached hydrogens (tertiary/aromatic N) is 2. The van der Waals surface area contributed by atoms with Crippen LogP contribution in [0, 0.1) is 0 Å². The third-order valence-electron chi connectivity index (χ3n) is 8.60. The van der Waals surface area contributed by atoms with Crippen LogP contribution >= 0.6 is 0 Å². The maximum atomic E-state index is 12.4. The van der Waals surface area contributed by atoms with Gasteiger partial charge in [-0.25, -0.2) is 14.2 Å². The van der Waals surface area contributed by atoms with Gasteiger partial charge in [0.2, 0.25) is 0 Å². The topological polar surface area (TPSA) is 80.8 Å². The van der Waals surface area contributed by atoms with Crippen molar-refractivity contribution >= 4 is 42.2 Å². The first-order valence-electron chi connectivity index (χ1n) is 13.5. The molecule has 2 aromatic carbocycles. The SMILES string of the molecule is C[Si]1(C)C2=CC(=[N+]3CCCC3)C=CC2=C(c2cc(C(=O)O)ccc2C(=O)O)c2ccc(N3CCCC3)cc21. The highest BCUT2D eigenvalue weighted by Crippen LogP contribution is 2.43. The molecule has 4 aliphatic rings. The quantitative estimate of drug-likeness (QED) is 0.447. The van der Waals surface area contributed by atoms with Crippen molar-refractivity contribution in [3.05, 3.63) is 87.6 Å². The summed E-state index contributed by atoms with van der Waals surface area (Å²) in [6.45, 7) is 8.98. The van der Waals surface area contributed by atoms with Gasteiger partial charge in [-0.3, -0.25) is 0 Å². The van der Waals surface area contributed by atoms with Gasteiger partial charge < -0.3 is 15.1 Å². The lowest BCUT2D eigenvalue weighted by molar-refractivity contribution is -0.504. The number of rotatable bonds is 4. The van der Waals surface area contributed by atoms with Crippen molar-refractivity contribution in [3.63, 3.8) is 0 Å². The second-order valence-corrected chi connectivity index (χ2v) is 15.5. The summed E-state index contributed by atoms with van der Waals surface area (Å²) in [5.74, 6) is -2.12. The van der Waals surface area contributed by atoms with Gasteiger partial charge in [0.05, 0.1) is 11.1 Å². The first-order valence-corrected chi connectivity index (χ1v) is 16.5. The summed E-state index contributed by atoms with van der Waals surface area (Å²) in [6, 6.07) is 11.0. The molecule has 3 aliphatic heterocycles. The molecule has 1 aliphatic carbocycles. The molecule has 0 spiro atoms. The van der Waals surface area contributed by atoms with Crippen molar-refractivity contribution in [2.45, 2.75) is 38.8 Å². The molecule has 0 saturated carbocycles. The van der Waals surface area contributed by atoms with Crippen LogP contribution in [0.25, 0.3) is 5.57 Å². The predicted molar refractivity (Wildman–Crippen MR) is 153 cm³/mol. The van der Waals surface area contributed by atoms with Crippen LogP contribution in [0.15, 0.2) is 65.4 Å². The molecule has 2 saturated heterocycles. The number of hydrogen-bond donors (Lipinski definition) is 2. The predicted octanol–water partition coefficient (Wildman–Crippen LogP) is 4.70. The Kier molecular flexibility index (Phi) is 5.98. The minimum Gasteiger partial charge on any atom is -0.478 e. The van der Waals surface area contributed by atoms with Crippen molar-refractivity contribution < 1.29 is 24.4 Å². The van der Waals surface area contributed by atoms with Gasteiger partial charge in [-0.15, -0.1) is 0 Å². The van der Waals surface area contributed by atoms with Gasteiger partial charge in [-0.05, 0) is 81.9 Å². The number of carbonyl (C=O) groups is 2. The number of fused-ring (bicyclic) bond motifs is 2. The largest absolute Gasteiger partial charge is 0.478 e.